The van der Waals surface area contributed by atoms with Gasteiger partial charge in [-0.1, -0.05) is 37.5 Å². The minimum Gasteiger partial charge on any atom is -0.343 e. The SMILES string of the molecule is CNC(C)C(=O)NC(C(=O)N1CCCC1c1cncc(-n2cc(C)c3ccccc32)c1)C1CCCCC1. The van der Waals surface area contributed by atoms with Crippen LogP contribution < -0.4 is 10.6 Å². The lowest BCUT2D eigenvalue weighted by atomic mass is 9.83. The monoisotopic (exact) mass is 501 g/mol. The molecule has 2 aliphatic rings. The van der Waals surface area contributed by atoms with Gasteiger partial charge in [0.1, 0.15) is 6.04 Å². The molecule has 3 aromatic rings. The van der Waals surface area contributed by atoms with E-state index in [1.807, 2.05) is 24.2 Å². The fourth-order valence-corrected chi connectivity index (χ4v) is 6.14. The van der Waals surface area contributed by atoms with Crippen molar-refractivity contribution in [3.63, 3.8) is 0 Å². The molecular formula is C30H39N5O2. The van der Waals surface area contributed by atoms with Crippen molar-refractivity contribution >= 4 is 22.7 Å². The van der Waals surface area contributed by atoms with Crippen LogP contribution in [0.1, 0.15) is 69.0 Å². The van der Waals surface area contributed by atoms with Crippen molar-refractivity contribution in [2.75, 3.05) is 13.6 Å². The highest BCUT2D eigenvalue weighted by Gasteiger charge is 2.39. The van der Waals surface area contributed by atoms with Crippen LogP contribution in [0.2, 0.25) is 0 Å². The van der Waals surface area contributed by atoms with Gasteiger partial charge in [0.25, 0.3) is 0 Å². The maximum absolute atomic E-state index is 14.1. The van der Waals surface area contributed by atoms with Gasteiger partial charge in [-0.2, -0.15) is 0 Å². The first-order valence-corrected chi connectivity index (χ1v) is 13.8. The lowest BCUT2D eigenvalue weighted by molar-refractivity contribution is -0.139. The first kappa shape index (κ1) is 25.5. The van der Waals surface area contributed by atoms with Crippen LogP contribution in [-0.2, 0) is 9.59 Å². The van der Waals surface area contributed by atoms with Crippen molar-refractivity contribution in [3.05, 3.63) is 60.0 Å². The van der Waals surface area contributed by atoms with Crippen LogP contribution in [0.3, 0.4) is 0 Å². The summed E-state index contributed by atoms with van der Waals surface area (Å²) in [5, 5.41) is 7.37. The van der Waals surface area contributed by atoms with Gasteiger partial charge < -0.3 is 20.1 Å². The van der Waals surface area contributed by atoms with E-state index in [0.29, 0.717) is 6.54 Å². The fraction of sp³-hybridized carbons (Fsp3) is 0.500. The third-order valence-electron chi connectivity index (χ3n) is 8.37. The second-order valence-electron chi connectivity index (χ2n) is 10.8. The molecule has 3 heterocycles. The van der Waals surface area contributed by atoms with Gasteiger partial charge in [-0.05, 0) is 75.8 Å². The zero-order valence-electron chi connectivity index (χ0n) is 22.2. The summed E-state index contributed by atoms with van der Waals surface area (Å²) in [6, 6.07) is 9.72. The molecule has 7 heteroatoms. The smallest absolute Gasteiger partial charge is 0.245 e. The van der Waals surface area contributed by atoms with Crippen molar-refractivity contribution in [2.24, 2.45) is 5.92 Å². The van der Waals surface area contributed by atoms with Crippen LogP contribution in [0.15, 0.2) is 48.9 Å². The van der Waals surface area contributed by atoms with Gasteiger partial charge in [0.2, 0.25) is 11.8 Å². The van der Waals surface area contributed by atoms with Gasteiger partial charge in [-0.3, -0.25) is 14.6 Å². The number of fused-ring (bicyclic) bond motifs is 1. The molecule has 2 fully saturated rings. The van der Waals surface area contributed by atoms with Crippen molar-refractivity contribution in [1.82, 2.24) is 25.1 Å². The number of benzene rings is 1. The van der Waals surface area contributed by atoms with Crippen molar-refractivity contribution < 1.29 is 9.59 Å². The Labute approximate surface area is 219 Å². The summed E-state index contributed by atoms with van der Waals surface area (Å²) in [4.78, 5) is 33.5. The number of nitrogens with zero attached hydrogens (tertiary/aromatic N) is 3. The van der Waals surface area contributed by atoms with E-state index in [9.17, 15) is 9.59 Å². The molecule has 7 nitrogen and oxygen atoms in total. The number of likely N-dealkylation sites (tertiary alicyclic amines) is 1. The molecule has 1 aliphatic heterocycles. The number of pyridine rings is 1. The van der Waals surface area contributed by atoms with Gasteiger partial charge in [0.05, 0.1) is 29.5 Å². The molecular weight excluding hydrogens is 462 g/mol. The summed E-state index contributed by atoms with van der Waals surface area (Å²) in [5.41, 5.74) is 4.43. The second kappa shape index (κ2) is 11.1. The third-order valence-corrected chi connectivity index (χ3v) is 8.37. The number of hydrogen-bond donors (Lipinski definition) is 2. The number of amides is 2. The van der Waals surface area contributed by atoms with Gasteiger partial charge in [0.15, 0.2) is 0 Å². The Balaban J connectivity index is 1.43. The van der Waals surface area contributed by atoms with Crippen LogP contribution in [0.25, 0.3) is 16.6 Å². The maximum Gasteiger partial charge on any atom is 0.245 e. The molecule has 0 radical (unpaired) electrons. The molecule has 3 atom stereocenters. The fourth-order valence-electron chi connectivity index (χ4n) is 6.14. The van der Waals surface area contributed by atoms with E-state index in [-0.39, 0.29) is 29.8 Å². The number of para-hydroxylation sites is 1. The van der Waals surface area contributed by atoms with E-state index in [1.54, 1.807) is 7.05 Å². The lowest BCUT2D eigenvalue weighted by Crippen LogP contribution is -2.55. The number of nitrogens with one attached hydrogen (secondary N) is 2. The second-order valence-corrected chi connectivity index (χ2v) is 10.8. The molecule has 2 amide bonds. The quantitative estimate of drug-likeness (QED) is 0.493. The van der Waals surface area contributed by atoms with Gasteiger partial charge in [0, 0.05) is 24.3 Å². The Morgan fingerprint density at radius 2 is 1.84 bits per heavy atom. The lowest BCUT2D eigenvalue weighted by Gasteiger charge is -2.35. The molecule has 196 valence electrons. The zero-order chi connectivity index (χ0) is 25.9. The molecule has 0 spiro atoms. The first-order chi connectivity index (χ1) is 18.0. The Kier molecular flexibility index (Phi) is 7.60. The molecule has 1 aliphatic carbocycles. The first-order valence-electron chi connectivity index (χ1n) is 13.8. The van der Waals surface area contributed by atoms with Crippen LogP contribution in [0.4, 0.5) is 0 Å². The minimum absolute atomic E-state index is 0.0346. The third kappa shape index (κ3) is 5.14. The minimum atomic E-state index is -0.476. The van der Waals surface area contributed by atoms with Gasteiger partial charge >= 0.3 is 0 Å². The van der Waals surface area contributed by atoms with Gasteiger partial charge in [-0.25, -0.2) is 0 Å². The summed E-state index contributed by atoms with van der Waals surface area (Å²) in [6.07, 6.45) is 13.2. The Hall–Kier alpha value is -3.19. The number of likely N-dealkylation sites (N-methyl/N-ethyl adjacent to an activating group) is 1. The van der Waals surface area contributed by atoms with Crippen LogP contribution in [0, 0.1) is 12.8 Å². The zero-order valence-corrected chi connectivity index (χ0v) is 22.2. The van der Waals surface area contributed by atoms with Crippen molar-refractivity contribution in [2.45, 2.75) is 76.9 Å². The molecule has 0 bridgehead atoms. The van der Waals surface area contributed by atoms with E-state index in [0.717, 1.165) is 55.3 Å². The van der Waals surface area contributed by atoms with Crippen LogP contribution in [0.5, 0.6) is 0 Å². The van der Waals surface area contributed by atoms with Crippen LogP contribution >= 0.6 is 0 Å². The summed E-state index contributed by atoms with van der Waals surface area (Å²) < 4.78 is 2.19. The molecule has 5 rings (SSSR count). The van der Waals surface area contributed by atoms with Gasteiger partial charge in [-0.15, -0.1) is 0 Å². The Bertz CT molecular complexity index is 1260. The molecule has 2 N–H and O–H groups in total. The summed E-state index contributed by atoms with van der Waals surface area (Å²) >= 11 is 0. The van der Waals surface area contributed by atoms with E-state index < -0.39 is 6.04 Å². The molecule has 1 saturated heterocycles. The highest BCUT2D eigenvalue weighted by atomic mass is 16.2. The number of aromatic nitrogens is 2. The Morgan fingerprint density at radius 3 is 2.62 bits per heavy atom. The molecule has 37 heavy (non-hydrogen) atoms. The normalized spacial score (nSPS) is 20.2. The molecule has 2 aromatic heterocycles. The molecule has 1 saturated carbocycles. The number of carbonyl (C=O) groups is 2. The number of rotatable bonds is 7. The Morgan fingerprint density at radius 1 is 1.05 bits per heavy atom. The summed E-state index contributed by atoms with van der Waals surface area (Å²) in [5.74, 6) is 0.133. The topological polar surface area (TPSA) is 79.3 Å². The number of aryl methyl sites for hydroxylation is 1. The maximum atomic E-state index is 14.1. The van der Waals surface area contributed by atoms with Crippen molar-refractivity contribution in [1.29, 1.82) is 0 Å². The largest absolute Gasteiger partial charge is 0.343 e. The number of carbonyl (C=O) groups excluding carboxylic acids is 2. The summed E-state index contributed by atoms with van der Waals surface area (Å²) in [6.45, 7) is 4.67. The van der Waals surface area contributed by atoms with E-state index >= 15 is 0 Å². The average molecular weight is 502 g/mol. The summed E-state index contributed by atoms with van der Waals surface area (Å²) in [7, 11) is 1.77. The highest BCUT2D eigenvalue weighted by Crippen LogP contribution is 2.36. The number of hydrogen-bond acceptors (Lipinski definition) is 4. The molecule has 3 unspecified atom stereocenters. The predicted octanol–water partition coefficient (Wildman–Crippen LogP) is 4.67. The van der Waals surface area contributed by atoms with Crippen LogP contribution in [-0.4, -0.2) is 51.9 Å². The van der Waals surface area contributed by atoms with E-state index in [1.165, 1.54) is 17.4 Å². The predicted molar refractivity (Wildman–Crippen MR) is 147 cm³/mol. The highest BCUT2D eigenvalue weighted by molar-refractivity contribution is 5.90. The molecule has 1 aromatic carbocycles. The van der Waals surface area contributed by atoms with E-state index in [2.05, 4.69) is 63.6 Å². The average Bonchev–Trinajstić information content (AvgIpc) is 3.57. The van der Waals surface area contributed by atoms with Crippen molar-refractivity contribution in [3.8, 4) is 5.69 Å². The van der Waals surface area contributed by atoms with E-state index in [4.69, 9.17) is 0 Å². The standard InChI is InChI=1S/C30H39N5O2/c1-20-19-35(27-13-8-7-12-25(20)27)24-16-23(17-32-18-24)26-14-9-15-34(26)30(37)28(22-10-5-4-6-11-22)33-29(36)21(2)31-3/h7-8,12-13,16-19,21-22,26,28,31H,4-6,9-11,14-15H2,1-3H3,(H,33,36).